The standard InChI is InChI=1S/C28H40FN5O7SSi/c1-27(2,3)43(5,6)41-15-14-39-23-12-10-20(11-13-23)33-28(25(29)17-30-19-31-28)34-22-9-7-8-21(16-22)32-26(36)24(35)18-40-42(4,37)38/h7-13,16-17,19,24,33-35H,14-15,18H2,1-6H3,(H,30,31)(H,32,36). The number of aliphatic hydroxyl groups is 1. The normalized spacial score (nSPS) is 17.8. The highest BCUT2D eigenvalue weighted by Gasteiger charge is 2.38. The van der Waals surface area contributed by atoms with Crippen molar-refractivity contribution in [3.63, 3.8) is 0 Å². The molecule has 3 rings (SSSR count). The molecule has 0 fully saturated rings. The summed E-state index contributed by atoms with van der Waals surface area (Å²) in [6.45, 7) is 11.1. The Bertz CT molecular complexity index is 1430. The van der Waals surface area contributed by atoms with Crippen molar-refractivity contribution in [3.05, 3.63) is 60.6 Å². The molecule has 1 amide bonds. The Kier molecular flexibility index (Phi) is 11.0. The summed E-state index contributed by atoms with van der Waals surface area (Å²) in [5.41, 5.74) is 1.17. The molecular formula is C28H40FN5O7SSi. The number of hydrogen-bond acceptors (Lipinski definition) is 11. The number of nitrogens with zero attached hydrogens (tertiary/aromatic N) is 1. The molecule has 15 heteroatoms. The fourth-order valence-electron chi connectivity index (χ4n) is 3.51. The molecule has 2 unspecified atom stereocenters. The number of ether oxygens (including phenoxy) is 1. The molecule has 5 N–H and O–H groups in total. The number of halogens is 1. The van der Waals surface area contributed by atoms with Gasteiger partial charge in [-0.25, -0.2) is 9.38 Å². The fourth-order valence-corrected chi connectivity index (χ4v) is 4.92. The average molecular weight is 638 g/mol. The van der Waals surface area contributed by atoms with Gasteiger partial charge >= 0.3 is 0 Å². The summed E-state index contributed by atoms with van der Waals surface area (Å²) in [5.74, 6) is -2.64. The van der Waals surface area contributed by atoms with Crippen LogP contribution in [-0.4, -0.2) is 72.1 Å². The summed E-state index contributed by atoms with van der Waals surface area (Å²) in [4.78, 5) is 16.6. The van der Waals surface area contributed by atoms with Gasteiger partial charge < -0.3 is 35.5 Å². The van der Waals surface area contributed by atoms with Gasteiger partial charge in [-0.1, -0.05) is 26.8 Å². The maximum absolute atomic E-state index is 15.3. The van der Waals surface area contributed by atoms with E-state index in [1.807, 2.05) is 0 Å². The van der Waals surface area contributed by atoms with E-state index in [-0.39, 0.29) is 10.7 Å². The Balaban J connectivity index is 1.66. The van der Waals surface area contributed by atoms with Crippen LogP contribution in [0.2, 0.25) is 18.1 Å². The highest BCUT2D eigenvalue weighted by molar-refractivity contribution is 7.85. The summed E-state index contributed by atoms with van der Waals surface area (Å²) in [6.07, 6.45) is 1.55. The van der Waals surface area contributed by atoms with Gasteiger partial charge in [0.25, 0.3) is 21.8 Å². The van der Waals surface area contributed by atoms with Gasteiger partial charge in [0.15, 0.2) is 20.2 Å². The van der Waals surface area contributed by atoms with Gasteiger partial charge in [-0.15, -0.1) is 0 Å². The maximum atomic E-state index is 15.3. The number of amides is 1. The molecule has 1 aliphatic rings. The minimum absolute atomic E-state index is 0.111. The van der Waals surface area contributed by atoms with E-state index >= 15 is 4.39 Å². The van der Waals surface area contributed by atoms with Gasteiger partial charge in [-0.3, -0.25) is 8.98 Å². The van der Waals surface area contributed by atoms with Crippen LogP contribution in [-0.2, 0) is 23.5 Å². The van der Waals surface area contributed by atoms with Gasteiger partial charge in [0.1, 0.15) is 19.0 Å². The largest absolute Gasteiger partial charge is 0.491 e. The number of hydrogen-bond donors (Lipinski definition) is 5. The Morgan fingerprint density at radius 2 is 1.74 bits per heavy atom. The highest BCUT2D eigenvalue weighted by Crippen LogP contribution is 2.36. The monoisotopic (exact) mass is 637 g/mol. The molecule has 0 radical (unpaired) electrons. The van der Waals surface area contributed by atoms with Crippen LogP contribution in [0.1, 0.15) is 20.8 Å². The summed E-state index contributed by atoms with van der Waals surface area (Å²) < 4.78 is 54.0. The van der Waals surface area contributed by atoms with Gasteiger partial charge in [-0.2, -0.15) is 8.42 Å². The Morgan fingerprint density at radius 3 is 2.37 bits per heavy atom. The first-order valence-electron chi connectivity index (χ1n) is 13.5. The number of rotatable bonds is 14. The molecule has 0 saturated carbocycles. The van der Waals surface area contributed by atoms with E-state index in [1.54, 1.807) is 42.5 Å². The van der Waals surface area contributed by atoms with Gasteiger partial charge in [0.05, 0.1) is 19.2 Å². The third-order valence-electron chi connectivity index (χ3n) is 6.89. The lowest BCUT2D eigenvalue weighted by molar-refractivity contribution is -0.125. The number of anilines is 3. The third kappa shape index (κ3) is 10.0. The van der Waals surface area contributed by atoms with E-state index in [4.69, 9.17) is 9.16 Å². The summed E-state index contributed by atoms with van der Waals surface area (Å²) in [7, 11) is -5.70. The van der Waals surface area contributed by atoms with E-state index in [0.717, 1.165) is 12.5 Å². The second-order valence-electron chi connectivity index (χ2n) is 11.4. The minimum Gasteiger partial charge on any atom is -0.491 e. The molecular weight excluding hydrogens is 597 g/mol. The Hall–Kier alpha value is -3.50. The van der Waals surface area contributed by atoms with Crippen molar-refractivity contribution < 1.29 is 36.1 Å². The number of benzene rings is 2. The van der Waals surface area contributed by atoms with E-state index in [0.29, 0.717) is 30.3 Å². The van der Waals surface area contributed by atoms with Crippen LogP contribution in [0.3, 0.4) is 0 Å². The minimum atomic E-state index is -3.83. The Labute approximate surface area is 253 Å². The zero-order valence-electron chi connectivity index (χ0n) is 25.1. The fraction of sp³-hybridized carbons (Fsp3) is 0.429. The SMILES string of the molecule is CC(C)(C)[Si](C)(C)OCCOc1ccc(NC2(Nc3cccc(NC(=O)C(O)COS(C)(=O)=O)c3)N=CNC=C2F)cc1. The van der Waals surface area contributed by atoms with Gasteiger partial charge in [0.2, 0.25) is 0 Å². The summed E-state index contributed by atoms with van der Waals surface area (Å²) >= 11 is 0. The molecule has 1 aliphatic heterocycles. The van der Waals surface area contributed by atoms with Crippen molar-refractivity contribution in [2.24, 2.45) is 4.99 Å². The molecule has 236 valence electrons. The van der Waals surface area contributed by atoms with E-state index in [1.165, 1.54) is 12.4 Å². The van der Waals surface area contributed by atoms with Gasteiger partial charge in [-0.05, 0) is 60.6 Å². The summed E-state index contributed by atoms with van der Waals surface area (Å²) in [6, 6.07) is 13.2. The number of carbonyl (C=O) groups excluding carboxylic acids is 1. The van der Waals surface area contributed by atoms with Crippen LogP contribution in [0.4, 0.5) is 21.5 Å². The van der Waals surface area contributed by atoms with E-state index in [9.17, 15) is 18.3 Å². The van der Waals surface area contributed by atoms with Gasteiger partial charge in [0, 0.05) is 23.3 Å². The Morgan fingerprint density at radius 1 is 1.09 bits per heavy atom. The molecule has 0 bridgehead atoms. The second kappa shape index (κ2) is 13.9. The molecule has 12 nitrogen and oxygen atoms in total. The number of aliphatic imine (C=N–C) groups is 1. The zero-order chi connectivity index (χ0) is 31.9. The molecule has 2 atom stereocenters. The maximum Gasteiger partial charge on any atom is 0.264 e. The number of nitrogens with one attached hydrogen (secondary N) is 4. The summed E-state index contributed by atoms with van der Waals surface area (Å²) in [5, 5.41) is 21.2. The van der Waals surface area contributed by atoms with E-state index < -0.39 is 48.7 Å². The lowest BCUT2D eigenvalue weighted by Crippen LogP contribution is -2.48. The van der Waals surface area contributed by atoms with Crippen molar-refractivity contribution in [3.8, 4) is 5.75 Å². The second-order valence-corrected chi connectivity index (χ2v) is 17.9. The molecule has 0 saturated heterocycles. The van der Waals surface area contributed by atoms with Crippen molar-refractivity contribution in [2.75, 3.05) is 42.0 Å². The predicted octanol–water partition coefficient (Wildman–Crippen LogP) is 3.98. The first kappa shape index (κ1) is 34.0. The molecule has 2 aromatic rings. The molecule has 1 heterocycles. The van der Waals surface area contributed by atoms with Crippen molar-refractivity contribution in [1.29, 1.82) is 0 Å². The topological polar surface area (TPSA) is 160 Å². The quantitative estimate of drug-likeness (QED) is 0.0888. The number of carbonyl (C=O) groups is 1. The molecule has 0 aromatic heterocycles. The first-order chi connectivity index (χ1) is 20.0. The van der Waals surface area contributed by atoms with Crippen molar-refractivity contribution in [2.45, 2.75) is 50.8 Å². The van der Waals surface area contributed by atoms with Crippen molar-refractivity contribution in [1.82, 2.24) is 5.32 Å². The molecule has 43 heavy (non-hydrogen) atoms. The predicted molar refractivity (Wildman–Crippen MR) is 168 cm³/mol. The van der Waals surface area contributed by atoms with Crippen LogP contribution in [0.25, 0.3) is 0 Å². The lowest BCUT2D eigenvalue weighted by Gasteiger charge is -2.36. The lowest BCUT2D eigenvalue weighted by atomic mass is 10.2. The molecule has 0 spiro atoms. The first-order valence-corrected chi connectivity index (χ1v) is 18.2. The van der Waals surface area contributed by atoms with E-state index in [2.05, 4.69) is 64.3 Å². The molecule has 2 aromatic carbocycles. The van der Waals surface area contributed by atoms with Crippen LogP contribution in [0, 0.1) is 0 Å². The van der Waals surface area contributed by atoms with Crippen LogP contribution in [0.15, 0.2) is 65.6 Å². The highest BCUT2D eigenvalue weighted by atomic mass is 32.2. The smallest absolute Gasteiger partial charge is 0.264 e. The molecule has 0 aliphatic carbocycles. The third-order valence-corrected chi connectivity index (χ3v) is 12.0. The van der Waals surface area contributed by atoms with Crippen LogP contribution < -0.4 is 26.0 Å². The van der Waals surface area contributed by atoms with Crippen LogP contribution in [0.5, 0.6) is 5.75 Å². The zero-order valence-corrected chi connectivity index (χ0v) is 26.9. The average Bonchev–Trinajstić information content (AvgIpc) is 2.91. The van der Waals surface area contributed by atoms with Crippen LogP contribution >= 0.6 is 0 Å². The number of aliphatic hydroxyl groups excluding tert-OH is 1. The van der Waals surface area contributed by atoms with Crippen molar-refractivity contribution >= 4 is 47.7 Å².